The summed E-state index contributed by atoms with van der Waals surface area (Å²) in [5.74, 6) is -0.193. The third-order valence-electron chi connectivity index (χ3n) is 1.04. The van der Waals surface area contributed by atoms with Gasteiger partial charge >= 0.3 is 5.97 Å². The molecule has 1 aromatic rings. The molecule has 62 valence electrons. The normalized spacial score (nSPS) is 9.08. The quantitative estimate of drug-likeness (QED) is 0.486. The van der Waals surface area contributed by atoms with E-state index in [-0.39, 0.29) is 5.69 Å². The fourth-order valence-electron chi connectivity index (χ4n) is 0.615. The van der Waals surface area contributed by atoms with Gasteiger partial charge in [-0.25, -0.2) is 9.78 Å². The van der Waals surface area contributed by atoms with Crippen LogP contribution in [0.2, 0.25) is 0 Å². The second-order valence-electron chi connectivity index (χ2n) is 2.18. The number of nitrogens with zero attached hydrogens (tertiary/aromatic N) is 2. The van der Waals surface area contributed by atoms with Gasteiger partial charge in [0.05, 0.1) is 12.0 Å². The van der Waals surface area contributed by atoms with Gasteiger partial charge in [0.15, 0.2) is 5.69 Å². The average molecular weight is 164 g/mol. The van der Waals surface area contributed by atoms with Gasteiger partial charge in [0, 0.05) is 12.4 Å². The van der Waals surface area contributed by atoms with Crippen LogP contribution in [0.4, 0.5) is 0 Å². The first-order valence-corrected chi connectivity index (χ1v) is 3.34. The molecule has 0 aromatic carbocycles. The minimum atomic E-state index is -0.532. The van der Waals surface area contributed by atoms with E-state index in [9.17, 15) is 4.79 Å². The summed E-state index contributed by atoms with van der Waals surface area (Å²) in [6.45, 7) is 5.02. The van der Waals surface area contributed by atoms with Crippen molar-refractivity contribution in [1.82, 2.24) is 9.97 Å². The summed E-state index contributed by atoms with van der Waals surface area (Å²) >= 11 is 0. The number of hydrogen-bond donors (Lipinski definition) is 0. The summed E-state index contributed by atoms with van der Waals surface area (Å²) in [7, 11) is 0. The number of carbonyl (C=O) groups is 1. The number of ether oxygens (including phenoxy) is 1. The zero-order chi connectivity index (χ0) is 8.97. The lowest BCUT2D eigenvalue weighted by molar-refractivity contribution is 0.0620. The van der Waals surface area contributed by atoms with Gasteiger partial charge in [-0.05, 0) is 6.92 Å². The van der Waals surface area contributed by atoms with Gasteiger partial charge in [-0.1, -0.05) is 6.58 Å². The highest BCUT2D eigenvalue weighted by Gasteiger charge is 2.07. The molecule has 0 bridgehead atoms. The van der Waals surface area contributed by atoms with Crippen molar-refractivity contribution < 1.29 is 9.53 Å². The van der Waals surface area contributed by atoms with Gasteiger partial charge in [-0.15, -0.1) is 0 Å². The first-order valence-electron chi connectivity index (χ1n) is 3.34. The second kappa shape index (κ2) is 3.61. The Morgan fingerprint density at radius 3 is 2.83 bits per heavy atom. The van der Waals surface area contributed by atoms with Gasteiger partial charge in [0.1, 0.15) is 0 Å². The highest BCUT2D eigenvalue weighted by molar-refractivity contribution is 5.87. The van der Waals surface area contributed by atoms with Crippen LogP contribution in [0.25, 0.3) is 0 Å². The Hall–Kier alpha value is -1.71. The summed E-state index contributed by atoms with van der Waals surface area (Å²) in [4.78, 5) is 18.5. The summed E-state index contributed by atoms with van der Waals surface area (Å²) in [6, 6.07) is 0. The van der Waals surface area contributed by atoms with E-state index in [1.165, 1.54) is 18.6 Å². The van der Waals surface area contributed by atoms with Crippen molar-refractivity contribution in [1.29, 1.82) is 0 Å². The molecule has 4 nitrogen and oxygen atoms in total. The first kappa shape index (κ1) is 8.39. The summed E-state index contributed by atoms with van der Waals surface area (Å²) in [5, 5.41) is 0. The Bertz CT molecular complexity index is 295. The van der Waals surface area contributed by atoms with Gasteiger partial charge in [0.2, 0.25) is 0 Å². The fraction of sp³-hybridized carbons (Fsp3) is 0.125. The number of rotatable bonds is 2. The molecule has 12 heavy (non-hydrogen) atoms. The zero-order valence-corrected chi connectivity index (χ0v) is 6.65. The summed E-state index contributed by atoms with van der Waals surface area (Å²) in [5.41, 5.74) is 0.181. The number of allylic oxidation sites excluding steroid dienone is 1. The predicted molar refractivity (Wildman–Crippen MR) is 42.3 cm³/mol. The van der Waals surface area contributed by atoms with E-state index < -0.39 is 5.97 Å². The van der Waals surface area contributed by atoms with Crippen molar-refractivity contribution in [3.05, 3.63) is 36.6 Å². The molecule has 0 aliphatic carbocycles. The molecular formula is C8H8N2O2. The van der Waals surface area contributed by atoms with Crippen LogP contribution in [0.15, 0.2) is 30.9 Å². The fourth-order valence-corrected chi connectivity index (χ4v) is 0.615. The number of aromatic nitrogens is 2. The summed E-state index contributed by atoms with van der Waals surface area (Å²) in [6.07, 6.45) is 4.25. The maximum Gasteiger partial charge on any atom is 0.363 e. The van der Waals surface area contributed by atoms with Crippen molar-refractivity contribution >= 4 is 5.97 Å². The van der Waals surface area contributed by atoms with Gasteiger partial charge < -0.3 is 4.74 Å². The molecule has 4 heteroatoms. The van der Waals surface area contributed by atoms with Crippen LogP contribution >= 0.6 is 0 Å². The molecule has 0 aliphatic heterocycles. The van der Waals surface area contributed by atoms with Gasteiger partial charge in [0.25, 0.3) is 0 Å². The van der Waals surface area contributed by atoms with E-state index in [4.69, 9.17) is 4.74 Å². The van der Waals surface area contributed by atoms with E-state index in [1.807, 2.05) is 0 Å². The molecule has 0 aliphatic rings. The average Bonchev–Trinajstić information content (AvgIpc) is 2.05. The molecule has 1 rings (SSSR count). The van der Waals surface area contributed by atoms with E-state index in [2.05, 4.69) is 16.5 Å². The molecule has 0 fully saturated rings. The number of esters is 1. The van der Waals surface area contributed by atoms with Crippen LogP contribution in [0.3, 0.4) is 0 Å². The molecule has 0 unspecified atom stereocenters. The van der Waals surface area contributed by atoms with Crippen molar-refractivity contribution in [2.75, 3.05) is 0 Å². The molecule has 0 amide bonds. The van der Waals surface area contributed by atoms with Crippen molar-refractivity contribution in [2.24, 2.45) is 0 Å². The van der Waals surface area contributed by atoms with Crippen LogP contribution < -0.4 is 0 Å². The molecule has 0 saturated carbocycles. The monoisotopic (exact) mass is 164 g/mol. The zero-order valence-electron chi connectivity index (χ0n) is 6.65. The van der Waals surface area contributed by atoms with Crippen LogP contribution in [0.1, 0.15) is 17.4 Å². The third-order valence-corrected chi connectivity index (χ3v) is 1.04. The highest BCUT2D eigenvalue weighted by Crippen LogP contribution is 1.98. The lowest BCUT2D eigenvalue weighted by Gasteiger charge is -1.99. The Balaban J connectivity index is 2.73. The molecule has 0 radical (unpaired) electrons. The van der Waals surface area contributed by atoms with Crippen LogP contribution in [-0.2, 0) is 4.74 Å². The highest BCUT2D eigenvalue weighted by atomic mass is 16.5. The predicted octanol–water partition coefficient (Wildman–Crippen LogP) is 1.17. The lowest BCUT2D eigenvalue weighted by Crippen LogP contribution is -2.05. The van der Waals surface area contributed by atoms with Crippen molar-refractivity contribution in [3.63, 3.8) is 0 Å². The molecule has 0 spiro atoms. The molecule has 1 aromatic heterocycles. The maximum absolute atomic E-state index is 11.1. The van der Waals surface area contributed by atoms with Crippen LogP contribution in [0, 0.1) is 0 Å². The van der Waals surface area contributed by atoms with Crippen LogP contribution in [-0.4, -0.2) is 15.9 Å². The third kappa shape index (κ3) is 2.16. The molecule has 0 saturated heterocycles. The largest absolute Gasteiger partial charge is 0.427 e. The van der Waals surface area contributed by atoms with Crippen LogP contribution in [0.5, 0.6) is 0 Å². The Morgan fingerprint density at radius 2 is 2.33 bits per heavy atom. The number of carbonyl (C=O) groups excluding carboxylic acids is 1. The first-order chi connectivity index (χ1) is 5.70. The summed E-state index contributed by atoms with van der Waals surface area (Å²) < 4.78 is 4.70. The van der Waals surface area contributed by atoms with Crippen molar-refractivity contribution in [2.45, 2.75) is 6.92 Å². The van der Waals surface area contributed by atoms with Crippen molar-refractivity contribution in [3.8, 4) is 0 Å². The molecule has 1 heterocycles. The van der Waals surface area contributed by atoms with E-state index in [0.717, 1.165) is 0 Å². The second-order valence-corrected chi connectivity index (χ2v) is 2.18. The minimum absolute atomic E-state index is 0.181. The van der Waals surface area contributed by atoms with E-state index in [1.54, 1.807) is 6.92 Å². The Labute approximate surface area is 69.9 Å². The van der Waals surface area contributed by atoms with E-state index in [0.29, 0.717) is 5.76 Å². The minimum Gasteiger partial charge on any atom is -0.427 e. The Morgan fingerprint density at radius 1 is 1.58 bits per heavy atom. The maximum atomic E-state index is 11.1. The smallest absolute Gasteiger partial charge is 0.363 e. The van der Waals surface area contributed by atoms with Gasteiger partial charge in [-0.2, -0.15) is 0 Å². The Kier molecular flexibility index (Phi) is 2.53. The SMILES string of the molecule is C=C(C)OC(=O)c1cnccn1. The topological polar surface area (TPSA) is 52.1 Å². The van der Waals surface area contributed by atoms with Gasteiger partial charge in [-0.3, -0.25) is 4.98 Å². The number of hydrogen-bond acceptors (Lipinski definition) is 4. The molecule has 0 N–H and O–H groups in total. The molecule has 0 atom stereocenters. The molecular weight excluding hydrogens is 156 g/mol. The standard InChI is InChI=1S/C8H8N2O2/c1-6(2)12-8(11)7-5-9-3-4-10-7/h3-5H,1H2,2H3. The van der Waals surface area contributed by atoms with E-state index >= 15 is 0 Å². The lowest BCUT2D eigenvalue weighted by atomic mass is 10.4.